The van der Waals surface area contributed by atoms with Crippen LogP contribution in [0.25, 0.3) is 0 Å². The van der Waals surface area contributed by atoms with Gasteiger partial charge in [0.1, 0.15) is 0 Å². The van der Waals surface area contributed by atoms with Crippen LogP contribution in [0.1, 0.15) is 6.23 Å². The van der Waals surface area contributed by atoms with Crippen LogP contribution in [-0.4, -0.2) is 39.4 Å². The number of ether oxygens (including phenoxy) is 2. The van der Waals surface area contributed by atoms with Gasteiger partial charge in [-0.15, -0.1) is 0 Å². The first kappa shape index (κ1) is 11.0. The number of anilines is 1. The lowest BCUT2D eigenvalue weighted by molar-refractivity contribution is -0.0992. The summed E-state index contributed by atoms with van der Waals surface area (Å²) in [5.41, 5.74) is 1.19. The van der Waals surface area contributed by atoms with Crippen molar-refractivity contribution in [1.82, 2.24) is 9.55 Å². The van der Waals surface area contributed by atoms with E-state index in [4.69, 9.17) is 19.8 Å². The zero-order chi connectivity index (χ0) is 11.5. The first-order valence-electron chi connectivity index (χ1n) is 4.62. The molecule has 16 heavy (non-hydrogen) atoms. The van der Waals surface area contributed by atoms with Crippen molar-refractivity contribution in [1.29, 1.82) is 0 Å². The molecule has 3 N–H and O–H groups in total. The molecule has 2 heterocycles. The Hall–Kier alpha value is -1.48. The Morgan fingerprint density at radius 3 is 3.06 bits per heavy atom. The predicted octanol–water partition coefficient (Wildman–Crippen LogP) is -1.09. The molecule has 88 valence electrons. The number of aliphatic hydroxyl groups excluding tert-OH is 1. The van der Waals surface area contributed by atoms with Gasteiger partial charge in [-0.2, -0.15) is 4.98 Å². The molecule has 0 bridgehead atoms. The molecule has 0 aromatic carbocycles. The number of nitrogens with zero attached hydrogens (tertiary/aromatic N) is 2. The van der Waals surface area contributed by atoms with Crippen molar-refractivity contribution >= 4 is 5.82 Å². The van der Waals surface area contributed by atoms with Gasteiger partial charge in [0.2, 0.25) is 0 Å². The van der Waals surface area contributed by atoms with Gasteiger partial charge in [0.05, 0.1) is 13.2 Å². The second-order valence-electron chi connectivity index (χ2n) is 3.15. The third-order valence-corrected chi connectivity index (χ3v) is 2.14. The van der Waals surface area contributed by atoms with Gasteiger partial charge in [-0.05, 0) is 6.07 Å². The molecule has 0 spiro atoms. The van der Waals surface area contributed by atoms with E-state index in [1.54, 1.807) is 5.48 Å². The van der Waals surface area contributed by atoms with E-state index in [0.717, 1.165) is 0 Å². The molecule has 8 nitrogen and oxygen atoms in total. The van der Waals surface area contributed by atoms with Crippen molar-refractivity contribution in [3.8, 4) is 0 Å². The fraction of sp³-hybridized carbons (Fsp3) is 0.500. The third kappa shape index (κ3) is 2.04. The first-order valence-corrected chi connectivity index (χ1v) is 4.62. The van der Waals surface area contributed by atoms with Crippen LogP contribution in [0.15, 0.2) is 17.1 Å². The highest BCUT2D eigenvalue weighted by molar-refractivity contribution is 5.27. The van der Waals surface area contributed by atoms with E-state index in [2.05, 4.69) is 4.98 Å². The monoisotopic (exact) mass is 229 g/mol. The van der Waals surface area contributed by atoms with Gasteiger partial charge < -0.3 is 14.6 Å². The summed E-state index contributed by atoms with van der Waals surface area (Å²) >= 11 is 0. The van der Waals surface area contributed by atoms with E-state index in [1.807, 2.05) is 0 Å². The molecule has 0 saturated carbocycles. The van der Waals surface area contributed by atoms with Crippen molar-refractivity contribution in [3.63, 3.8) is 0 Å². The highest BCUT2D eigenvalue weighted by atomic mass is 16.7. The largest absolute Gasteiger partial charge is 0.391 e. The summed E-state index contributed by atoms with van der Waals surface area (Å²) in [6.45, 7) is -0.104. The van der Waals surface area contributed by atoms with Crippen LogP contribution in [0.5, 0.6) is 0 Å². The Kier molecular flexibility index (Phi) is 3.15. The normalized spacial score (nSPS) is 24.6. The van der Waals surface area contributed by atoms with E-state index in [9.17, 15) is 4.79 Å². The average Bonchev–Trinajstić information content (AvgIpc) is 2.77. The fourth-order valence-electron chi connectivity index (χ4n) is 1.38. The molecule has 1 fully saturated rings. The molecule has 2 atom stereocenters. The maximum absolute atomic E-state index is 11.5. The second-order valence-corrected chi connectivity index (χ2v) is 3.15. The Labute approximate surface area is 90.0 Å². The zero-order valence-electron chi connectivity index (χ0n) is 8.24. The molecule has 0 radical (unpaired) electrons. The third-order valence-electron chi connectivity index (χ3n) is 2.14. The van der Waals surface area contributed by atoms with Crippen molar-refractivity contribution in [2.24, 2.45) is 0 Å². The Bertz CT molecular complexity index is 420. The van der Waals surface area contributed by atoms with Crippen LogP contribution in [0.4, 0.5) is 5.82 Å². The number of aliphatic hydroxyl groups is 1. The molecule has 8 heteroatoms. The van der Waals surface area contributed by atoms with Crippen LogP contribution >= 0.6 is 0 Å². The van der Waals surface area contributed by atoms with Crippen LogP contribution in [0.3, 0.4) is 0 Å². The number of rotatable bonds is 3. The van der Waals surface area contributed by atoms with Crippen molar-refractivity contribution in [2.75, 3.05) is 18.7 Å². The molecule has 0 aliphatic carbocycles. The number of aromatic nitrogens is 2. The van der Waals surface area contributed by atoms with Gasteiger partial charge >= 0.3 is 5.69 Å². The second kappa shape index (κ2) is 4.58. The Morgan fingerprint density at radius 2 is 2.50 bits per heavy atom. The predicted molar refractivity (Wildman–Crippen MR) is 50.9 cm³/mol. The number of hydrogen-bond donors (Lipinski definition) is 3. The standard InChI is InChI=1S/C8H11N3O5/c12-3-7-15-4-6(16-7)11-2-1-5(10-14)9-8(11)13/h1-2,6-7,12,14H,3-4H2,(H,9,10,13)/t6-,7-/m1/s1. The van der Waals surface area contributed by atoms with Gasteiger partial charge in [0.25, 0.3) is 0 Å². The van der Waals surface area contributed by atoms with Crippen LogP contribution in [-0.2, 0) is 9.47 Å². The summed E-state index contributed by atoms with van der Waals surface area (Å²) in [7, 11) is 0. The van der Waals surface area contributed by atoms with Crippen molar-refractivity contribution < 1.29 is 19.8 Å². The summed E-state index contributed by atoms with van der Waals surface area (Å²) in [5.74, 6) is 0.0545. The van der Waals surface area contributed by atoms with Gasteiger partial charge in [0.15, 0.2) is 18.3 Å². The molecule has 1 aromatic heterocycles. The lowest BCUT2D eigenvalue weighted by atomic mass is 10.5. The van der Waals surface area contributed by atoms with E-state index < -0.39 is 18.2 Å². The quantitative estimate of drug-likeness (QED) is 0.565. The molecule has 1 aliphatic rings. The molecule has 0 amide bonds. The minimum Gasteiger partial charge on any atom is -0.391 e. The molecule has 0 unspecified atom stereocenters. The zero-order valence-corrected chi connectivity index (χ0v) is 8.24. The number of hydrogen-bond acceptors (Lipinski definition) is 7. The maximum atomic E-state index is 11.5. The molecule has 2 rings (SSSR count). The smallest absolute Gasteiger partial charge is 0.351 e. The van der Waals surface area contributed by atoms with E-state index in [0.29, 0.717) is 0 Å². The van der Waals surface area contributed by atoms with E-state index in [-0.39, 0.29) is 19.0 Å². The lowest BCUT2D eigenvalue weighted by Gasteiger charge is -2.12. The maximum Gasteiger partial charge on any atom is 0.351 e. The van der Waals surface area contributed by atoms with E-state index in [1.165, 1.54) is 16.8 Å². The summed E-state index contributed by atoms with van der Waals surface area (Å²) in [5, 5.41) is 17.3. The van der Waals surface area contributed by atoms with Gasteiger partial charge in [-0.3, -0.25) is 15.3 Å². The minimum absolute atomic E-state index is 0.0545. The van der Waals surface area contributed by atoms with Gasteiger partial charge in [-0.1, -0.05) is 0 Å². The first-order chi connectivity index (χ1) is 7.74. The van der Waals surface area contributed by atoms with Crippen molar-refractivity contribution in [2.45, 2.75) is 12.5 Å². The van der Waals surface area contributed by atoms with Crippen LogP contribution in [0.2, 0.25) is 0 Å². The van der Waals surface area contributed by atoms with Crippen molar-refractivity contribution in [3.05, 3.63) is 22.7 Å². The molecule has 1 saturated heterocycles. The highest BCUT2D eigenvalue weighted by Gasteiger charge is 2.27. The van der Waals surface area contributed by atoms with Gasteiger partial charge in [0, 0.05) is 6.20 Å². The Morgan fingerprint density at radius 1 is 1.69 bits per heavy atom. The number of nitrogens with one attached hydrogen (secondary N) is 1. The Balaban J connectivity index is 2.19. The fourth-order valence-corrected chi connectivity index (χ4v) is 1.38. The summed E-state index contributed by atoms with van der Waals surface area (Å²) in [6.07, 6.45) is 0.0965. The molecular formula is C8H11N3O5. The average molecular weight is 229 g/mol. The topological polar surface area (TPSA) is 106 Å². The minimum atomic E-state index is -0.715. The van der Waals surface area contributed by atoms with Gasteiger partial charge in [-0.25, -0.2) is 4.79 Å². The summed E-state index contributed by atoms with van der Waals surface area (Å²) < 4.78 is 11.5. The van der Waals surface area contributed by atoms with Crippen LogP contribution < -0.4 is 11.2 Å². The summed E-state index contributed by atoms with van der Waals surface area (Å²) in [4.78, 5) is 15.0. The summed E-state index contributed by atoms with van der Waals surface area (Å²) in [6, 6.07) is 1.41. The highest BCUT2D eigenvalue weighted by Crippen LogP contribution is 2.18. The van der Waals surface area contributed by atoms with Crippen LogP contribution in [0, 0.1) is 0 Å². The molecule has 1 aliphatic heterocycles. The molecule has 1 aromatic rings. The lowest BCUT2D eigenvalue weighted by Crippen LogP contribution is -2.28. The molecular weight excluding hydrogens is 218 g/mol. The SMILES string of the molecule is O=c1nc(NO)ccn1[C@H]1CO[C@@H](CO)O1. The van der Waals surface area contributed by atoms with E-state index >= 15 is 0 Å².